The second-order valence-electron chi connectivity index (χ2n) is 13.8. The number of fused-ring (bicyclic) bond motifs is 8. The maximum atomic E-state index is 11.9. The van der Waals surface area contributed by atoms with Gasteiger partial charge in [-0.3, -0.25) is 4.90 Å². The number of urea groups is 1. The van der Waals surface area contributed by atoms with Crippen molar-refractivity contribution < 1.29 is 15.0 Å². The highest BCUT2D eigenvalue weighted by molar-refractivity contribution is 5.90. The van der Waals surface area contributed by atoms with E-state index in [0.717, 1.165) is 57.3 Å². The van der Waals surface area contributed by atoms with Gasteiger partial charge < -0.3 is 15.9 Å². The summed E-state index contributed by atoms with van der Waals surface area (Å²) in [6.07, 6.45) is 9.19. The molecule has 2 heterocycles. The average molecular weight is 487 g/mol. The molecule has 0 radical (unpaired) electrons. The summed E-state index contributed by atoms with van der Waals surface area (Å²) in [6, 6.07) is -0.294. The molecule has 4 saturated carbocycles. The third-order valence-corrected chi connectivity index (χ3v) is 12.1. The Bertz CT molecular complexity index is 891. The fraction of sp³-hybridized carbons (Fsp3) is 0.929. The number of nitrogens with two attached hydrogens (primary N) is 1. The van der Waals surface area contributed by atoms with Crippen LogP contribution in [0.5, 0.6) is 0 Å². The molecule has 0 aromatic heterocycles. The molecule has 196 valence electrons. The Labute approximate surface area is 210 Å². The van der Waals surface area contributed by atoms with Gasteiger partial charge in [0, 0.05) is 30.8 Å². The summed E-state index contributed by atoms with van der Waals surface area (Å²) >= 11 is 0. The van der Waals surface area contributed by atoms with E-state index < -0.39 is 11.6 Å². The number of rotatable bonds is 1. The molecule has 12 atom stereocenters. The topological polar surface area (TPSA) is 111 Å². The van der Waals surface area contributed by atoms with E-state index in [1.54, 1.807) is 0 Å². The Balaban J connectivity index is 1.32. The van der Waals surface area contributed by atoms with Crippen molar-refractivity contribution in [2.75, 3.05) is 13.1 Å². The monoisotopic (exact) mass is 486 g/mol. The van der Waals surface area contributed by atoms with Crippen molar-refractivity contribution >= 4 is 11.7 Å². The molecule has 6 aliphatic rings. The van der Waals surface area contributed by atoms with Gasteiger partial charge in [0.1, 0.15) is 0 Å². The number of piperidine rings is 2. The minimum atomic E-state index is -0.614. The molecule has 7 nitrogen and oxygen atoms in total. The summed E-state index contributed by atoms with van der Waals surface area (Å²) in [5.74, 6) is 4.42. The van der Waals surface area contributed by atoms with E-state index in [-0.39, 0.29) is 17.4 Å². The summed E-state index contributed by atoms with van der Waals surface area (Å²) in [5.41, 5.74) is 8.47. The largest absolute Gasteiger partial charge is 0.393 e. The molecule has 2 amide bonds. The van der Waals surface area contributed by atoms with Gasteiger partial charge in [-0.25, -0.2) is 10.2 Å². The quantitative estimate of drug-likeness (QED) is 0.426. The number of nitrogens with one attached hydrogen (secondary N) is 1. The Morgan fingerprint density at radius 3 is 2.60 bits per heavy atom. The predicted octanol–water partition coefficient (Wildman–Crippen LogP) is 3.34. The summed E-state index contributed by atoms with van der Waals surface area (Å²) in [6.45, 7) is 9.24. The van der Waals surface area contributed by atoms with Crippen LogP contribution in [0.2, 0.25) is 0 Å². The van der Waals surface area contributed by atoms with Crippen LogP contribution >= 0.6 is 0 Å². The lowest BCUT2D eigenvalue weighted by Crippen LogP contribution is -2.67. The van der Waals surface area contributed by atoms with Crippen LogP contribution in [0.25, 0.3) is 0 Å². The highest BCUT2D eigenvalue weighted by atomic mass is 16.3. The highest BCUT2D eigenvalue weighted by Crippen LogP contribution is 2.66. The van der Waals surface area contributed by atoms with Crippen LogP contribution in [-0.2, 0) is 0 Å². The smallest absolute Gasteiger partial charge is 0.332 e. The minimum Gasteiger partial charge on any atom is -0.393 e. The number of carbonyl (C=O) groups excluding carboxylic acids is 1. The van der Waals surface area contributed by atoms with E-state index in [2.05, 4.69) is 36.2 Å². The van der Waals surface area contributed by atoms with Gasteiger partial charge in [0.2, 0.25) is 0 Å². The van der Waals surface area contributed by atoms with E-state index in [9.17, 15) is 15.0 Å². The lowest BCUT2D eigenvalue weighted by atomic mass is 9.51. The first-order valence-corrected chi connectivity index (χ1v) is 14.4. The molecule has 0 spiro atoms. The number of nitrogens with zero attached hydrogens (tertiary/aromatic N) is 2. The van der Waals surface area contributed by atoms with Crippen molar-refractivity contribution in [1.29, 1.82) is 0 Å². The zero-order valence-corrected chi connectivity index (χ0v) is 21.8. The molecular weight excluding hydrogens is 440 g/mol. The molecule has 0 bridgehead atoms. The Hall–Kier alpha value is -1.18. The molecule has 0 aromatic carbocycles. The number of amides is 2. The third-order valence-electron chi connectivity index (χ3n) is 12.1. The number of aliphatic hydroxyl groups excluding tert-OH is 1. The third kappa shape index (κ3) is 3.70. The number of primary amides is 1. The van der Waals surface area contributed by atoms with E-state index in [4.69, 9.17) is 5.73 Å². The molecule has 7 heteroatoms. The van der Waals surface area contributed by atoms with Crippen molar-refractivity contribution in [2.45, 2.75) is 96.3 Å². The number of aliphatic hydroxyl groups is 2. The zero-order chi connectivity index (χ0) is 24.7. The molecular formula is C28H46N4O3. The second kappa shape index (κ2) is 8.42. The van der Waals surface area contributed by atoms with Gasteiger partial charge in [-0.2, -0.15) is 5.10 Å². The molecule has 4 aliphatic carbocycles. The van der Waals surface area contributed by atoms with Gasteiger partial charge in [-0.05, 0) is 112 Å². The summed E-state index contributed by atoms with van der Waals surface area (Å²) in [4.78, 5) is 14.1. The van der Waals surface area contributed by atoms with Crippen molar-refractivity contribution in [3.05, 3.63) is 0 Å². The fourth-order valence-corrected chi connectivity index (χ4v) is 10.6. The van der Waals surface area contributed by atoms with Gasteiger partial charge in [-0.1, -0.05) is 13.8 Å². The number of hydrazone groups is 1. The first-order chi connectivity index (χ1) is 16.6. The van der Waals surface area contributed by atoms with Crippen LogP contribution in [-0.4, -0.2) is 57.7 Å². The van der Waals surface area contributed by atoms with Crippen molar-refractivity contribution in [1.82, 2.24) is 10.3 Å². The van der Waals surface area contributed by atoms with Crippen LogP contribution in [0.15, 0.2) is 5.10 Å². The molecule has 0 unspecified atom stereocenters. The lowest BCUT2D eigenvalue weighted by molar-refractivity contribution is -0.175. The van der Waals surface area contributed by atoms with Crippen LogP contribution in [0.3, 0.4) is 0 Å². The van der Waals surface area contributed by atoms with Crippen LogP contribution in [0, 0.1) is 52.8 Å². The zero-order valence-electron chi connectivity index (χ0n) is 21.8. The van der Waals surface area contributed by atoms with Crippen molar-refractivity contribution in [3.63, 3.8) is 0 Å². The van der Waals surface area contributed by atoms with E-state index >= 15 is 0 Å². The lowest BCUT2D eigenvalue weighted by Gasteiger charge is -2.59. The predicted molar refractivity (Wildman–Crippen MR) is 135 cm³/mol. The number of hydrogen-bond donors (Lipinski definition) is 4. The van der Waals surface area contributed by atoms with Crippen molar-refractivity contribution in [2.24, 2.45) is 63.6 Å². The SMILES string of the molecule is C[C@H]1CC[C@@H]2N(C1)C[C@H]1[C@@H]3C[C@H]4[C@H](C/C(=N/NC(N)=O)[C@H]5C[C@@H](O)CC[C@@]54C)[C@@H]3CC[C@H]1[C@]2(C)O. The number of hydrogen-bond acceptors (Lipinski definition) is 5. The molecule has 0 aromatic rings. The highest BCUT2D eigenvalue weighted by Gasteiger charge is 2.64. The van der Waals surface area contributed by atoms with Crippen LogP contribution in [0.4, 0.5) is 4.79 Å². The normalized spacial score (nSPS) is 54.7. The first kappa shape index (κ1) is 24.2. The van der Waals surface area contributed by atoms with Gasteiger partial charge in [0.05, 0.1) is 11.7 Å². The van der Waals surface area contributed by atoms with Gasteiger partial charge in [0.25, 0.3) is 0 Å². The summed E-state index contributed by atoms with van der Waals surface area (Å²) in [5, 5.41) is 27.0. The van der Waals surface area contributed by atoms with Gasteiger partial charge >= 0.3 is 6.03 Å². The Morgan fingerprint density at radius 1 is 1.03 bits per heavy atom. The summed E-state index contributed by atoms with van der Waals surface area (Å²) in [7, 11) is 0. The van der Waals surface area contributed by atoms with Crippen LogP contribution < -0.4 is 11.2 Å². The molecule has 6 rings (SSSR count). The fourth-order valence-electron chi connectivity index (χ4n) is 10.6. The minimum absolute atomic E-state index is 0.104. The Kier molecular flexibility index (Phi) is 5.82. The van der Waals surface area contributed by atoms with E-state index in [1.807, 2.05) is 0 Å². The van der Waals surface area contributed by atoms with E-state index in [0.29, 0.717) is 47.5 Å². The number of carbonyl (C=O) groups is 1. The first-order valence-electron chi connectivity index (χ1n) is 14.4. The maximum Gasteiger partial charge on any atom is 0.332 e. The summed E-state index contributed by atoms with van der Waals surface area (Å²) < 4.78 is 0. The van der Waals surface area contributed by atoms with E-state index in [1.165, 1.54) is 19.3 Å². The second-order valence-corrected chi connectivity index (χ2v) is 13.8. The van der Waals surface area contributed by atoms with Crippen LogP contribution in [0.1, 0.15) is 78.6 Å². The molecule has 35 heavy (non-hydrogen) atoms. The van der Waals surface area contributed by atoms with Gasteiger partial charge in [-0.15, -0.1) is 0 Å². The average Bonchev–Trinajstić information content (AvgIpc) is 3.18. The Morgan fingerprint density at radius 2 is 1.83 bits per heavy atom. The molecule has 6 fully saturated rings. The standard InChI is InChI=1S/C28H46N4O3/c1-15-4-7-25-28(3,35)21-6-5-17-18(20(21)14-32(25)13-15)11-22-19(17)12-24(30-31-26(29)34)23-10-16(33)8-9-27(22,23)2/h15-23,25,33,35H,4-14H2,1-3H3,(H3,29,31,34)/b30-24-/t15-,16-,17+,18+,19+,20-,21+,22-,23+,25-,27+,28-/m0/s1. The maximum absolute atomic E-state index is 11.9. The van der Waals surface area contributed by atoms with Gasteiger partial charge in [0.15, 0.2) is 0 Å². The molecule has 2 aliphatic heterocycles. The molecule has 2 saturated heterocycles. The van der Waals surface area contributed by atoms with Crippen molar-refractivity contribution in [3.8, 4) is 0 Å². The molecule has 5 N–H and O–H groups in total.